The van der Waals surface area contributed by atoms with Gasteiger partial charge < -0.3 is 4.74 Å². The number of hydrogen-bond acceptors (Lipinski definition) is 4. The van der Waals surface area contributed by atoms with Crippen LogP contribution in [0, 0.1) is 11.3 Å². The lowest BCUT2D eigenvalue weighted by Gasteiger charge is -2.28. The molecular formula is C21H22N2O2. The first-order valence-corrected chi connectivity index (χ1v) is 8.29. The van der Waals surface area contributed by atoms with E-state index in [2.05, 4.69) is 6.07 Å². The summed E-state index contributed by atoms with van der Waals surface area (Å²) in [5, 5.41) is 9.26. The van der Waals surface area contributed by atoms with Crippen LogP contribution in [0.1, 0.15) is 24.1 Å². The molecule has 0 radical (unpaired) electrons. The van der Waals surface area contributed by atoms with Gasteiger partial charge in [-0.2, -0.15) is 5.26 Å². The second-order valence-electron chi connectivity index (χ2n) is 5.52. The zero-order valence-electron chi connectivity index (χ0n) is 14.3. The maximum absolute atomic E-state index is 11.7. The van der Waals surface area contributed by atoms with Gasteiger partial charge in [-0.1, -0.05) is 66.7 Å². The standard InChI is InChI=1S/C21H22N2O2/c1-2-25-21(24)14-13-20(19-11-7-4-8-12-19)23(16-15-22)17-18-9-5-3-6-10-18/h3-14,20H,2,16-17H2,1H3/b14-13+/t20-/m1/s1. The molecule has 4 nitrogen and oxygen atoms in total. The monoisotopic (exact) mass is 334 g/mol. The van der Waals surface area contributed by atoms with Gasteiger partial charge in [0.25, 0.3) is 0 Å². The van der Waals surface area contributed by atoms with E-state index in [-0.39, 0.29) is 18.6 Å². The Morgan fingerprint density at radius 1 is 1.16 bits per heavy atom. The van der Waals surface area contributed by atoms with Gasteiger partial charge in [0.15, 0.2) is 0 Å². The van der Waals surface area contributed by atoms with Crippen LogP contribution < -0.4 is 0 Å². The minimum Gasteiger partial charge on any atom is -0.463 e. The van der Waals surface area contributed by atoms with E-state index < -0.39 is 0 Å². The third-order valence-corrected chi connectivity index (χ3v) is 3.74. The number of rotatable bonds is 8. The van der Waals surface area contributed by atoms with E-state index in [9.17, 15) is 10.1 Å². The molecule has 0 fully saturated rings. The maximum Gasteiger partial charge on any atom is 0.330 e. The molecule has 2 aromatic rings. The Bertz CT molecular complexity index is 721. The highest BCUT2D eigenvalue weighted by atomic mass is 16.5. The summed E-state index contributed by atoms with van der Waals surface area (Å²) < 4.78 is 4.98. The first-order chi connectivity index (χ1) is 12.2. The number of esters is 1. The van der Waals surface area contributed by atoms with Gasteiger partial charge in [-0.15, -0.1) is 0 Å². The van der Waals surface area contributed by atoms with E-state index >= 15 is 0 Å². The molecule has 0 aliphatic carbocycles. The largest absolute Gasteiger partial charge is 0.463 e. The average Bonchev–Trinajstić information content (AvgIpc) is 2.64. The Hall–Kier alpha value is -2.90. The minimum atomic E-state index is -0.375. The fourth-order valence-electron chi connectivity index (χ4n) is 2.62. The van der Waals surface area contributed by atoms with E-state index in [0.29, 0.717) is 13.2 Å². The Labute approximate surface area is 149 Å². The smallest absolute Gasteiger partial charge is 0.330 e. The second-order valence-corrected chi connectivity index (χ2v) is 5.52. The highest BCUT2D eigenvalue weighted by molar-refractivity contribution is 5.82. The zero-order chi connectivity index (χ0) is 17.9. The summed E-state index contributed by atoms with van der Waals surface area (Å²) in [5.41, 5.74) is 2.14. The van der Waals surface area contributed by atoms with Gasteiger partial charge in [0, 0.05) is 12.6 Å². The first kappa shape index (κ1) is 18.4. The van der Waals surface area contributed by atoms with Crippen LogP contribution in [0.4, 0.5) is 0 Å². The highest BCUT2D eigenvalue weighted by Crippen LogP contribution is 2.24. The highest BCUT2D eigenvalue weighted by Gasteiger charge is 2.18. The summed E-state index contributed by atoms with van der Waals surface area (Å²) in [6.45, 7) is 2.98. The van der Waals surface area contributed by atoms with Crippen molar-refractivity contribution >= 4 is 5.97 Å². The van der Waals surface area contributed by atoms with Crippen LogP contribution in [0.25, 0.3) is 0 Å². The SMILES string of the molecule is CCOC(=O)/C=C/[C@H](c1ccccc1)N(CC#N)Cc1ccccc1. The van der Waals surface area contributed by atoms with Crippen molar-refractivity contribution in [1.29, 1.82) is 5.26 Å². The average molecular weight is 334 g/mol. The predicted octanol–water partition coefficient (Wildman–Crippen LogP) is 3.87. The molecule has 0 aromatic heterocycles. The molecule has 0 aliphatic heterocycles. The van der Waals surface area contributed by atoms with E-state index in [1.54, 1.807) is 13.0 Å². The number of carbonyl (C=O) groups excluding carboxylic acids is 1. The van der Waals surface area contributed by atoms with E-state index in [1.807, 2.05) is 65.6 Å². The van der Waals surface area contributed by atoms with Crippen molar-refractivity contribution in [1.82, 2.24) is 4.90 Å². The van der Waals surface area contributed by atoms with Crippen molar-refractivity contribution in [3.8, 4) is 6.07 Å². The number of nitrogens with zero attached hydrogens (tertiary/aromatic N) is 2. The van der Waals surface area contributed by atoms with E-state index in [0.717, 1.165) is 11.1 Å². The van der Waals surface area contributed by atoms with Crippen LogP contribution in [0.2, 0.25) is 0 Å². The molecule has 0 aliphatic rings. The lowest BCUT2D eigenvalue weighted by Crippen LogP contribution is -2.28. The van der Waals surface area contributed by atoms with E-state index in [1.165, 1.54) is 6.08 Å². The summed E-state index contributed by atoms with van der Waals surface area (Å²) in [5.74, 6) is -0.375. The van der Waals surface area contributed by atoms with Gasteiger partial charge in [0.05, 0.1) is 25.3 Å². The molecule has 25 heavy (non-hydrogen) atoms. The Balaban J connectivity index is 2.29. The van der Waals surface area contributed by atoms with Gasteiger partial charge in [0.2, 0.25) is 0 Å². The molecule has 2 aromatic carbocycles. The Kier molecular flexibility index (Phi) is 7.42. The number of benzene rings is 2. The van der Waals surface area contributed by atoms with Gasteiger partial charge in [-0.05, 0) is 18.1 Å². The van der Waals surface area contributed by atoms with Crippen molar-refractivity contribution < 1.29 is 9.53 Å². The van der Waals surface area contributed by atoms with Gasteiger partial charge in [-0.3, -0.25) is 4.90 Å². The normalized spacial score (nSPS) is 12.0. The Morgan fingerprint density at radius 2 is 1.80 bits per heavy atom. The molecule has 0 unspecified atom stereocenters. The molecule has 0 N–H and O–H groups in total. The lowest BCUT2D eigenvalue weighted by molar-refractivity contribution is -0.137. The lowest BCUT2D eigenvalue weighted by atomic mass is 10.0. The van der Waals surface area contributed by atoms with Crippen molar-refractivity contribution in [3.63, 3.8) is 0 Å². The first-order valence-electron chi connectivity index (χ1n) is 8.29. The summed E-state index contributed by atoms with van der Waals surface area (Å²) in [6.07, 6.45) is 3.24. The maximum atomic E-state index is 11.7. The van der Waals surface area contributed by atoms with Crippen LogP contribution in [-0.2, 0) is 16.1 Å². The number of nitriles is 1. The number of hydrogen-bond donors (Lipinski definition) is 0. The van der Waals surface area contributed by atoms with Crippen molar-refractivity contribution in [2.45, 2.75) is 19.5 Å². The summed E-state index contributed by atoms with van der Waals surface area (Å²) in [4.78, 5) is 13.8. The van der Waals surface area contributed by atoms with Crippen LogP contribution in [0.15, 0.2) is 72.8 Å². The fourth-order valence-corrected chi connectivity index (χ4v) is 2.62. The third kappa shape index (κ3) is 5.91. The minimum absolute atomic E-state index is 0.189. The summed E-state index contributed by atoms with van der Waals surface area (Å²) >= 11 is 0. The molecule has 0 bridgehead atoms. The number of ether oxygens (including phenoxy) is 1. The van der Waals surface area contributed by atoms with Crippen LogP contribution in [0.3, 0.4) is 0 Å². The Morgan fingerprint density at radius 3 is 2.40 bits per heavy atom. The molecule has 0 saturated heterocycles. The molecule has 2 rings (SSSR count). The zero-order valence-corrected chi connectivity index (χ0v) is 14.3. The van der Waals surface area contributed by atoms with Crippen LogP contribution >= 0.6 is 0 Å². The topological polar surface area (TPSA) is 53.3 Å². The molecule has 4 heteroatoms. The fraction of sp³-hybridized carbons (Fsp3) is 0.238. The van der Waals surface area contributed by atoms with Crippen molar-refractivity contribution in [3.05, 3.63) is 83.9 Å². The van der Waals surface area contributed by atoms with Crippen molar-refractivity contribution in [2.24, 2.45) is 0 Å². The summed E-state index contributed by atoms with van der Waals surface area (Å²) in [7, 11) is 0. The molecule has 0 amide bonds. The molecule has 0 spiro atoms. The third-order valence-electron chi connectivity index (χ3n) is 3.74. The van der Waals surface area contributed by atoms with E-state index in [4.69, 9.17) is 4.74 Å². The van der Waals surface area contributed by atoms with Gasteiger partial charge >= 0.3 is 5.97 Å². The second kappa shape index (κ2) is 10.1. The summed E-state index contributed by atoms with van der Waals surface area (Å²) in [6, 6.07) is 21.9. The molecule has 1 atom stereocenters. The van der Waals surface area contributed by atoms with Crippen LogP contribution in [-0.4, -0.2) is 24.0 Å². The van der Waals surface area contributed by atoms with Gasteiger partial charge in [-0.25, -0.2) is 4.79 Å². The van der Waals surface area contributed by atoms with Gasteiger partial charge in [0.1, 0.15) is 0 Å². The number of carbonyl (C=O) groups is 1. The quantitative estimate of drug-likeness (QED) is 0.418. The molecule has 128 valence electrons. The molecule has 0 saturated carbocycles. The molecule has 0 heterocycles. The van der Waals surface area contributed by atoms with Crippen LogP contribution in [0.5, 0.6) is 0 Å². The predicted molar refractivity (Wildman–Crippen MR) is 97.4 cm³/mol. The van der Waals surface area contributed by atoms with Crippen molar-refractivity contribution in [2.75, 3.05) is 13.2 Å². The molecular weight excluding hydrogens is 312 g/mol.